The maximum atomic E-state index is 9.04. The summed E-state index contributed by atoms with van der Waals surface area (Å²) in [6.45, 7) is 1.92. The van der Waals surface area contributed by atoms with Gasteiger partial charge in [-0.3, -0.25) is 4.57 Å². The summed E-state index contributed by atoms with van der Waals surface area (Å²) >= 11 is 0. The van der Waals surface area contributed by atoms with Gasteiger partial charge in [-0.15, -0.1) is 0 Å². The molecule has 3 aromatic rings. The standard InChI is InChI=1S/C14H10N4/c1-10-8-18(9-16-10)14-13-5-3-2-4-11(13)6-12(7-15)17-14/h2-6,8-9H,1H3. The molecule has 0 aliphatic heterocycles. The summed E-state index contributed by atoms with van der Waals surface area (Å²) in [5.41, 5.74) is 1.33. The second-order valence-corrected chi connectivity index (χ2v) is 4.09. The lowest BCUT2D eigenvalue weighted by atomic mass is 10.1. The fraction of sp³-hybridized carbons (Fsp3) is 0.0714. The molecule has 0 unspecified atom stereocenters. The number of aromatic nitrogens is 3. The first-order chi connectivity index (χ1) is 8.78. The monoisotopic (exact) mass is 234 g/mol. The molecule has 0 bridgehead atoms. The van der Waals surface area contributed by atoms with Gasteiger partial charge in [0.15, 0.2) is 0 Å². The highest BCUT2D eigenvalue weighted by Gasteiger charge is 2.07. The van der Waals surface area contributed by atoms with Crippen LogP contribution in [-0.2, 0) is 0 Å². The fourth-order valence-electron chi connectivity index (χ4n) is 1.97. The predicted molar refractivity (Wildman–Crippen MR) is 68.3 cm³/mol. The number of fused-ring (bicyclic) bond motifs is 1. The number of hydrogen-bond donors (Lipinski definition) is 0. The lowest BCUT2D eigenvalue weighted by molar-refractivity contribution is 1.00. The SMILES string of the molecule is Cc1cn(-c2nc(C#N)cc3ccccc23)cn1. The minimum Gasteiger partial charge on any atom is -0.290 e. The average Bonchev–Trinajstić information content (AvgIpc) is 2.84. The first-order valence-electron chi connectivity index (χ1n) is 5.59. The van der Waals surface area contributed by atoms with Gasteiger partial charge in [0.25, 0.3) is 0 Å². The summed E-state index contributed by atoms with van der Waals surface area (Å²) in [6, 6.07) is 11.8. The highest BCUT2D eigenvalue weighted by molar-refractivity contribution is 5.89. The van der Waals surface area contributed by atoms with Crippen LogP contribution in [0.1, 0.15) is 11.4 Å². The molecule has 2 heterocycles. The van der Waals surface area contributed by atoms with Gasteiger partial charge in [-0.2, -0.15) is 5.26 Å². The first-order valence-corrected chi connectivity index (χ1v) is 5.59. The molecule has 0 atom stereocenters. The van der Waals surface area contributed by atoms with Gasteiger partial charge in [-0.25, -0.2) is 9.97 Å². The predicted octanol–water partition coefficient (Wildman–Crippen LogP) is 2.60. The van der Waals surface area contributed by atoms with Crippen LogP contribution in [-0.4, -0.2) is 14.5 Å². The molecular formula is C14H10N4. The molecule has 4 nitrogen and oxygen atoms in total. The Bertz CT molecular complexity index is 765. The number of rotatable bonds is 1. The second kappa shape index (κ2) is 3.97. The van der Waals surface area contributed by atoms with E-state index in [1.807, 2.05) is 42.0 Å². The third kappa shape index (κ3) is 1.62. The Morgan fingerprint density at radius 3 is 2.83 bits per heavy atom. The molecule has 2 aromatic heterocycles. The summed E-state index contributed by atoms with van der Waals surface area (Å²) in [5.74, 6) is 0.741. The number of hydrogen-bond acceptors (Lipinski definition) is 3. The molecule has 86 valence electrons. The van der Waals surface area contributed by atoms with Crippen molar-refractivity contribution < 1.29 is 0 Å². The van der Waals surface area contributed by atoms with E-state index in [-0.39, 0.29) is 0 Å². The van der Waals surface area contributed by atoms with Gasteiger partial charge in [0, 0.05) is 11.6 Å². The number of aryl methyl sites for hydroxylation is 1. The molecule has 0 amide bonds. The van der Waals surface area contributed by atoms with Crippen LogP contribution >= 0.6 is 0 Å². The van der Waals surface area contributed by atoms with Gasteiger partial charge in [-0.05, 0) is 18.4 Å². The van der Waals surface area contributed by atoms with Gasteiger partial charge < -0.3 is 0 Å². The highest BCUT2D eigenvalue weighted by Crippen LogP contribution is 2.21. The van der Waals surface area contributed by atoms with Crippen LogP contribution in [0.4, 0.5) is 0 Å². The van der Waals surface area contributed by atoms with Crippen LogP contribution in [0.3, 0.4) is 0 Å². The van der Waals surface area contributed by atoms with Crippen LogP contribution in [0.2, 0.25) is 0 Å². The Kier molecular flexibility index (Phi) is 2.31. The molecule has 0 radical (unpaired) electrons. The van der Waals surface area contributed by atoms with Crippen molar-refractivity contribution in [2.45, 2.75) is 6.92 Å². The minimum atomic E-state index is 0.412. The van der Waals surface area contributed by atoms with Crippen molar-refractivity contribution >= 4 is 10.8 Å². The number of benzene rings is 1. The molecular weight excluding hydrogens is 224 g/mol. The Hall–Kier alpha value is -2.67. The van der Waals surface area contributed by atoms with Gasteiger partial charge in [0.05, 0.1) is 5.69 Å². The molecule has 18 heavy (non-hydrogen) atoms. The van der Waals surface area contributed by atoms with Gasteiger partial charge in [0.2, 0.25) is 0 Å². The zero-order valence-corrected chi connectivity index (χ0v) is 9.83. The van der Waals surface area contributed by atoms with Crippen LogP contribution in [0.15, 0.2) is 42.9 Å². The lowest BCUT2D eigenvalue weighted by Gasteiger charge is -2.06. The molecule has 0 aliphatic carbocycles. The molecule has 0 aliphatic rings. The van der Waals surface area contributed by atoms with Crippen molar-refractivity contribution in [1.29, 1.82) is 5.26 Å². The summed E-state index contributed by atoms with van der Waals surface area (Å²) < 4.78 is 1.85. The van der Waals surface area contributed by atoms with E-state index < -0.39 is 0 Å². The topological polar surface area (TPSA) is 54.5 Å². The first kappa shape index (κ1) is 10.5. The van der Waals surface area contributed by atoms with Crippen molar-refractivity contribution in [2.75, 3.05) is 0 Å². The maximum absolute atomic E-state index is 9.04. The van der Waals surface area contributed by atoms with E-state index in [1.165, 1.54) is 0 Å². The van der Waals surface area contributed by atoms with Crippen LogP contribution in [0.5, 0.6) is 0 Å². The Balaban J connectivity index is 2.36. The van der Waals surface area contributed by atoms with E-state index in [1.54, 1.807) is 12.4 Å². The zero-order valence-electron chi connectivity index (χ0n) is 9.83. The highest BCUT2D eigenvalue weighted by atomic mass is 15.1. The molecule has 3 rings (SSSR count). The summed E-state index contributed by atoms with van der Waals surface area (Å²) in [4.78, 5) is 8.56. The number of pyridine rings is 1. The molecule has 0 spiro atoms. The van der Waals surface area contributed by atoms with Crippen molar-refractivity contribution in [3.8, 4) is 11.9 Å². The summed E-state index contributed by atoms with van der Waals surface area (Å²) in [6.07, 6.45) is 3.61. The zero-order chi connectivity index (χ0) is 12.5. The molecule has 0 N–H and O–H groups in total. The van der Waals surface area contributed by atoms with Crippen molar-refractivity contribution in [2.24, 2.45) is 0 Å². The minimum absolute atomic E-state index is 0.412. The van der Waals surface area contributed by atoms with E-state index in [2.05, 4.69) is 16.0 Å². The van der Waals surface area contributed by atoms with Gasteiger partial charge >= 0.3 is 0 Å². The molecule has 1 aromatic carbocycles. The largest absolute Gasteiger partial charge is 0.290 e. The Labute approximate surface area is 104 Å². The van der Waals surface area contributed by atoms with E-state index in [4.69, 9.17) is 5.26 Å². The van der Waals surface area contributed by atoms with Crippen LogP contribution in [0, 0.1) is 18.3 Å². The Morgan fingerprint density at radius 1 is 1.28 bits per heavy atom. The second-order valence-electron chi connectivity index (χ2n) is 4.09. The summed E-state index contributed by atoms with van der Waals surface area (Å²) in [7, 11) is 0. The normalized spacial score (nSPS) is 10.4. The van der Waals surface area contributed by atoms with E-state index in [0.717, 1.165) is 22.3 Å². The third-order valence-corrected chi connectivity index (χ3v) is 2.79. The van der Waals surface area contributed by atoms with E-state index >= 15 is 0 Å². The van der Waals surface area contributed by atoms with Crippen molar-refractivity contribution in [1.82, 2.24) is 14.5 Å². The van der Waals surface area contributed by atoms with Crippen LogP contribution in [0.25, 0.3) is 16.6 Å². The maximum Gasteiger partial charge on any atom is 0.147 e. The van der Waals surface area contributed by atoms with Crippen molar-refractivity contribution in [3.63, 3.8) is 0 Å². The fourth-order valence-corrected chi connectivity index (χ4v) is 1.97. The molecule has 0 fully saturated rings. The number of nitriles is 1. The Morgan fingerprint density at radius 2 is 2.11 bits per heavy atom. The van der Waals surface area contributed by atoms with Crippen LogP contribution < -0.4 is 0 Å². The van der Waals surface area contributed by atoms with Gasteiger partial charge in [-0.1, -0.05) is 24.3 Å². The average molecular weight is 234 g/mol. The summed E-state index contributed by atoms with van der Waals surface area (Å²) in [5, 5.41) is 11.0. The van der Waals surface area contributed by atoms with E-state index in [0.29, 0.717) is 5.69 Å². The third-order valence-electron chi connectivity index (χ3n) is 2.79. The van der Waals surface area contributed by atoms with Crippen molar-refractivity contribution in [3.05, 3.63) is 54.2 Å². The molecule has 0 saturated carbocycles. The quantitative estimate of drug-likeness (QED) is 0.650. The number of imidazole rings is 1. The van der Waals surface area contributed by atoms with Gasteiger partial charge in [0.1, 0.15) is 23.9 Å². The molecule has 0 saturated heterocycles. The smallest absolute Gasteiger partial charge is 0.147 e. The lowest BCUT2D eigenvalue weighted by Crippen LogP contribution is -1.98. The number of nitrogens with zero attached hydrogens (tertiary/aromatic N) is 4. The van der Waals surface area contributed by atoms with E-state index in [9.17, 15) is 0 Å². The molecule has 4 heteroatoms.